The summed E-state index contributed by atoms with van der Waals surface area (Å²) in [6, 6.07) is 5.77. The Balaban J connectivity index is 2.13. The second kappa shape index (κ2) is 6.03. The van der Waals surface area contributed by atoms with Crippen LogP contribution in [0.5, 0.6) is 0 Å². The number of aryl methyl sites for hydroxylation is 2. The number of hydrogen-bond donors (Lipinski definition) is 1. The van der Waals surface area contributed by atoms with Gasteiger partial charge in [0.15, 0.2) is 11.7 Å². The van der Waals surface area contributed by atoms with E-state index in [-0.39, 0.29) is 0 Å². The van der Waals surface area contributed by atoms with Gasteiger partial charge in [-0.3, -0.25) is 0 Å². The maximum absolute atomic E-state index is 5.94. The number of hydrogen-bond acceptors (Lipinski definition) is 3. The Hall–Kier alpha value is -1.32. The minimum Gasteiger partial charge on any atom is -0.441 e. The average molecular weight is 265 g/mol. The summed E-state index contributed by atoms with van der Waals surface area (Å²) >= 11 is 5.94. The quantitative estimate of drug-likeness (QED) is 0.841. The average Bonchev–Trinajstić information content (AvgIpc) is 2.78. The van der Waals surface area contributed by atoms with Gasteiger partial charge >= 0.3 is 0 Å². The van der Waals surface area contributed by atoms with Gasteiger partial charge in [-0.15, -0.1) is 0 Å². The molecule has 2 rings (SSSR count). The third kappa shape index (κ3) is 3.12. The van der Waals surface area contributed by atoms with Crippen LogP contribution in [-0.2, 0) is 6.42 Å². The number of rotatable bonds is 5. The topological polar surface area (TPSA) is 38.1 Å². The van der Waals surface area contributed by atoms with Gasteiger partial charge in [0.2, 0.25) is 0 Å². The lowest BCUT2D eigenvalue weighted by molar-refractivity contribution is 0.495. The van der Waals surface area contributed by atoms with E-state index < -0.39 is 0 Å². The van der Waals surface area contributed by atoms with Crippen LogP contribution in [0.3, 0.4) is 0 Å². The van der Waals surface area contributed by atoms with Crippen LogP contribution in [0.2, 0.25) is 5.02 Å². The molecule has 0 aliphatic carbocycles. The summed E-state index contributed by atoms with van der Waals surface area (Å²) in [5, 5.41) is 3.85. The van der Waals surface area contributed by atoms with Crippen LogP contribution in [0.25, 0.3) is 11.3 Å². The Morgan fingerprint density at radius 2 is 2.22 bits per heavy atom. The van der Waals surface area contributed by atoms with Crippen molar-refractivity contribution in [1.82, 2.24) is 10.3 Å². The summed E-state index contributed by atoms with van der Waals surface area (Å²) in [5.74, 6) is 1.60. The third-order valence-corrected chi connectivity index (χ3v) is 3.06. The van der Waals surface area contributed by atoms with Gasteiger partial charge in [-0.05, 0) is 50.7 Å². The van der Waals surface area contributed by atoms with E-state index in [2.05, 4.69) is 10.3 Å². The molecule has 4 heteroatoms. The molecule has 3 nitrogen and oxygen atoms in total. The highest BCUT2D eigenvalue weighted by molar-refractivity contribution is 6.30. The molecule has 0 radical (unpaired) electrons. The summed E-state index contributed by atoms with van der Waals surface area (Å²) in [4.78, 5) is 4.30. The van der Waals surface area contributed by atoms with Crippen LogP contribution in [0.15, 0.2) is 28.8 Å². The van der Waals surface area contributed by atoms with Gasteiger partial charge in [-0.2, -0.15) is 0 Å². The fourth-order valence-electron chi connectivity index (χ4n) is 1.87. The molecule has 0 aliphatic heterocycles. The number of aromatic nitrogens is 1. The van der Waals surface area contributed by atoms with Gasteiger partial charge in [0.1, 0.15) is 0 Å². The Morgan fingerprint density at radius 3 is 2.94 bits per heavy atom. The Bertz CT molecular complexity index is 522. The van der Waals surface area contributed by atoms with Crippen molar-refractivity contribution in [3.05, 3.63) is 40.9 Å². The van der Waals surface area contributed by atoms with E-state index in [0.717, 1.165) is 47.2 Å². The van der Waals surface area contributed by atoms with Crippen LogP contribution in [0, 0.1) is 6.92 Å². The second-order valence-electron chi connectivity index (χ2n) is 4.28. The largest absolute Gasteiger partial charge is 0.441 e. The molecule has 0 unspecified atom stereocenters. The molecule has 1 heterocycles. The predicted molar refractivity (Wildman–Crippen MR) is 73.9 cm³/mol. The molecular weight excluding hydrogens is 248 g/mol. The third-order valence-electron chi connectivity index (χ3n) is 2.82. The van der Waals surface area contributed by atoms with E-state index in [9.17, 15) is 0 Å². The normalized spacial score (nSPS) is 10.8. The van der Waals surface area contributed by atoms with Gasteiger partial charge in [-0.1, -0.05) is 11.6 Å². The van der Waals surface area contributed by atoms with Crippen molar-refractivity contribution in [3.8, 4) is 11.3 Å². The highest BCUT2D eigenvalue weighted by Crippen LogP contribution is 2.26. The van der Waals surface area contributed by atoms with E-state index >= 15 is 0 Å². The van der Waals surface area contributed by atoms with Crippen LogP contribution >= 0.6 is 11.6 Å². The summed E-state index contributed by atoms with van der Waals surface area (Å²) < 4.78 is 5.75. The van der Waals surface area contributed by atoms with E-state index in [0.29, 0.717) is 0 Å². The monoisotopic (exact) mass is 264 g/mol. The van der Waals surface area contributed by atoms with Crippen molar-refractivity contribution in [2.24, 2.45) is 0 Å². The molecule has 0 bridgehead atoms. The van der Waals surface area contributed by atoms with E-state index in [1.54, 1.807) is 6.20 Å². The standard InChI is InChI=1S/C14H17ClN2O/c1-10-8-11(15)5-6-12(10)13-9-17-14(18-13)4-3-7-16-2/h5-6,8-9,16H,3-4,7H2,1-2H3. The van der Waals surface area contributed by atoms with Crippen LogP contribution in [0.1, 0.15) is 17.9 Å². The highest BCUT2D eigenvalue weighted by Gasteiger charge is 2.08. The lowest BCUT2D eigenvalue weighted by Crippen LogP contribution is -2.08. The molecule has 0 spiro atoms. The molecule has 0 saturated heterocycles. The number of benzene rings is 1. The van der Waals surface area contributed by atoms with Gasteiger partial charge in [0.25, 0.3) is 0 Å². The SMILES string of the molecule is CNCCCc1ncc(-c2ccc(Cl)cc2C)o1. The van der Waals surface area contributed by atoms with Crippen LogP contribution < -0.4 is 5.32 Å². The first kappa shape index (κ1) is 13.1. The Labute approximate surface area is 112 Å². The van der Waals surface area contributed by atoms with Crippen LogP contribution in [0.4, 0.5) is 0 Å². The smallest absolute Gasteiger partial charge is 0.194 e. The van der Waals surface area contributed by atoms with E-state index in [1.165, 1.54) is 0 Å². The zero-order chi connectivity index (χ0) is 13.0. The molecule has 0 atom stereocenters. The second-order valence-corrected chi connectivity index (χ2v) is 4.72. The van der Waals surface area contributed by atoms with Crippen molar-refractivity contribution in [1.29, 1.82) is 0 Å². The van der Waals surface area contributed by atoms with Crippen molar-refractivity contribution >= 4 is 11.6 Å². The van der Waals surface area contributed by atoms with Crippen molar-refractivity contribution in [3.63, 3.8) is 0 Å². The van der Waals surface area contributed by atoms with Crippen molar-refractivity contribution in [2.75, 3.05) is 13.6 Å². The summed E-state index contributed by atoms with van der Waals surface area (Å²) in [7, 11) is 1.94. The first-order valence-electron chi connectivity index (χ1n) is 6.06. The van der Waals surface area contributed by atoms with E-state index in [1.807, 2.05) is 32.2 Å². The Morgan fingerprint density at radius 1 is 1.39 bits per heavy atom. The molecule has 1 aromatic heterocycles. The van der Waals surface area contributed by atoms with Gasteiger partial charge in [0.05, 0.1) is 6.20 Å². The van der Waals surface area contributed by atoms with Crippen LogP contribution in [-0.4, -0.2) is 18.6 Å². The minimum atomic E-state index is 0.741. The van der Waals surface area contributed by atoms with Crippen molar-refractivity contribution in [2.45, 2.75) is 19.8 Å². The maximum atomic E-state index is 5.94. The van der Waals surface area contributed by atoms with Gasteiger partial charge < -0.3 is 9.73 Å². The minimum absolute atomic E-state index is 0.741. The molecule has 96 valence electrons. The maximum Gasteiger partial charge on any atom is 0.194 e. The fourth-order valence-corrected chi connectivity index (χ4v) is 2.10. The first-order valence-corrected chi connectivity index (χ1v) is 6.44. The summed E-state index contributed by atoms with van der Waals surface area (Å²) in [5.41, 5.74) is 2.15. The summed E-state index contributed by atoms with van der Waals surface area (Å²) in [6.07, 6.45) is 3.66. The summed E-state index contributed by atoms with van der Waals surface area (Å²) in [6.45, 7) is 2.99. The predicted octanol–water partition coefficient (Wildman–Crippen LogP) is 3.46. The Kier molecular flexibility index (Phi) is 4.39. The first-order chi connectivity index (χ1) is 8.70. The number of oxazole rings is 1. The number of nitrogens with zero attached hydrogens (tertiary/aromatic N) is 1. The molecule has 2 aromatic rings. The lowest BCUT2D eigenvalue weighted by Gasteiger charge is -2.02. The molecular formula is C14H17ClN2O. The molecule has 0 aliphatic rings. The zero-order valence-corrected chi connectivity index (χ0v) is 11.4. The molecule has 0 saturated carbocycles. The molecule has 18 heavy (non-hydrogen) atoms. The lowest BCUT2D eigenvalue weighted by atomic mass is 10.1. The van der Waals surface area contributed by atoms with E-state index in [4.69, 9.17) is 16.0 Å². The van der Waals surface area contributed by atoms with Gasteiger partial charge in [0, 0.05) is 17.0 Å². The van der Waals surface area contributed by atoms with Crippen molar-refractivity contribution < 1.29 is 4.42 Å². The number of nitrogens with one attached hydrogen (secondary N) is 1. The molecule has 1 aromatic carbocycles. The molecule has 0 fully saturated rings. The van der Waals surface area contributed by atoms with Gasteiger partial charge in [-0.25, -0.2) is 4.98 Å². The molecule has 1 N–H and O–H groups in total. The molecule has 0 amide bonds. The fraction of sp³-hybridized carbons (Fsp3) is 0.357. The highest BCUT2D eigenvalue weighted by atomic mass is 35.5. The number of halogens is 1. The zero-order valence-electron chi connectivity index (χ0n) is 10.7.